The molecule has 0 radical (unpaired) electrons. The lowest BCUT2D eigenvalue weighted by atomic mass is 10.2. The van der Waals surface area contributed by atoms with Crippen LogP contribution < -0.4 is 4.90 Å². The van der Waals surface area contributed by atoms with Crippen LogP contribution in [0.2, 0.25) is 0 Å². The summed E-state index contributed by atoms with van der Waals surface area (Å²) in [5.74, 6) is 0.130. The molecule has 0 fully saturated rings. The molecule has 0 aliphatic carbocycles. The molecular formula is C11H20N2O6P2. The fraction of sp³-hybridized carbons (Fsp3) is 0.545. The van der Waals surface area contributed by atoms with E-state index in [9.17, 15) is 28.7 Å². The van der Waals surface area contributed by atoms with Crippen LogP contribution in [0.5, 0.6) is 0 Å². The van der Waals surface area contributed by atoms with Crippen LogP contribution in [0.3, 0.4) is 0 Å². The summed E-state index contributed by atoms with van der Waals surface area (Å²) in [6.07, 6.45) is 3.59. The van der Waals surface area contributed by atoms with Crippen LogP contribution in [-0.4, -0.2) is 36.6 Å². The molecule has 0 saturated carbocycles. The van der Waals surface area contributed by atoms with E-state index >= 15 is 0 Å². The number of nitrogens with zero attached hydrogens (tertiary/aromatic N) is 2. The minimum Gasteiger partial charge on any atom is -0.332 e. The summed E-state index contributed by atoms with van der Waals surface area (Å²) >= 11 is 0. The molecular weight excluding hydrogens is 318 g/mol. The second-order valence-corrected chi connectivity index (χ2v) is 8.36. The lowest BCUT2D eigenvalue weighted by Gasteiger charge is -2.33. The van der Waals surface area contributed by atoms with Crippen molar-refractivity contribution in [3.05, 3.63) is 24.4 Å². The van der Waals surface area contributed by atoms with Crippen LogP contribution in [0.25, 0.3) is 0 Å². The zero-order valence-corrected chi connectivity index (χ0v) is 13.4. The average molecular weight is 338 g/mol. The highest BCUT2D eigenvalue weighted by molar-refractivity contribution is 7.71. The molecule has 0 amide bonds. The zero-order chi connectivity index (χ0) is 16.1. The Hall–Kier alpha value is -0.750. The van der Waals surface area contributed by atoms with Crippen molar-refractivity contribution in [2.75, 3.05) is 11.4 Å². The average Bonchev–Trinajstić information content (AvgIpc) is 2.35. The summed E-state index contributed by atoms with van der Waals surface area (Å²) in [6, 6.07) is 4.66. The molecule has 0 unspecified atom stereocenters. The van der Waals surface area contributed by atoms with Gasteiger partial charge in [-0.3, -0.25) is 9.13 Å². The number of rotatable bonds is 8. The van der Waals surface area contributed by atoms with Crippen molar-refractivity contribution >= 4 is 21.0 Å². The van der Waals surface area contributed by atoms with Gasteiger partial charge in [0.15, 0.2) is 0 Å². The normalized spacial score (nSPS) is 12.7. The molecule has 8 nitrogen and oxygen atoms in total. The lowest BCUT2D eigenvalue weighted by molar-refractivity contribution is 0.335. The van der Waals surface area contributed by atoms with E-state index in [1.54, 1.807) is 12.1 Å². The summed E-state index contributed by atoms with van der Waals surface area (Å²) in [7, 11) is -10.1. The summed E-state index contributed by atoms with van der Waals surface area (Å²) in [4.78, 5) is 42.4. The van der Waals surface area contributed by atoms with Gasteiger partial charge < -0.3 is 24.5 Å². The molecule has 0 aromatic carbocycles. The highest BCUT2D eigenvalue weighted by Crippen LogP contribution is 2.61. The Kier molecular flexibility index (Phi) is 6.53. The monoisotopic (exact) mass is 338 g/mol. The fourth-order valence-corrected chi connectivity index (χ4v) is 4.72. The van der Waals surface area contributed by atoms with Crippen molar-refractivity contribution in [2.24, 2.45) is 0 Å². The van der Waals surface area contributed by atoms with Crippen LogP contribution in [0.4, 0.5) is 5.82 Å². The van der Waals surface area contributed by atoms with E-state index in [2.05, 4.69) is 4.98 Å². The predicted molar refractivity (Wildman–Crippen MR) is 79.0 cm³/mol. The number of pyridine rings is 1. The topological polar surface area (TPSA) is 131 Å². The van der Waals surface area contributed by atoms with Crippen molar-refractivity contribution < 1.29 is 28.7 Å². The largest absolute Gasteiger partial charge is 0.360 e. The van der Waals surface area contributed by atoms with Crippen molar-refractivity contribution in [3.63, 3.8) is 0 Å². The molecule has 1 aromatic rings. The quantitative estimate of drug-likeness (QED) is 0.416. The minimum absolute atomic E-state index is 0.103. The van der Waals surface area contributed by atoms with Crippen LogP contribution in [-0.2, 0) is 9.13 Å². The third-order valence-electron chi connectivity index (χ3n) is 2.83. The number of hydrogen-bond donors (Lipinski definition) is 4. The van der Waals surface area contributed by atoms with Crippen molar-refractivity contribution in [2.45, 2.75) is 31.7 Å². The van der Waals surface area contributed by atoms with Crippen molar-refractivity contribution in [1.82, 2.24) is 4.98 Å². The van der Waals surface area contributed by atoms with Crippen LogP contribution in [0, 0.1) is 0 Å². The Balaban J connectivity index is 3.20. The first-order valence-electron chi connectivity index (χ1n) is 6.46. The Labute approximate surface area is 123 Å². The number of hydrogen-bond acceptors (Lipinski definition) is 4. The molecule has 0 spiro atoms. The van der Waals surface area contributed by atoms with Gasteiger partial charge in [-0.15, -0.1) is 0 Å². The summed E-state index contributed by atoms with van der Waals surface area (Å²) in [5, 5.41) is 0. The first kappa shape index (κ1) is 18.3. The summed E-state index contributed by atoms with van der Waals surface area (Å²) in [6.45, 7) is 2.06. The first-order valence-corrected chi connectivity index (χ1v) is 9.82. The van der Waals surface area contributed by atoms with E-state index in [1.165, 1.54) is 12.3 Å². The molecule has 0 saturated heterocycles. The van der Waals surface area contributed by atoms with E-state index in [0.717, 1.165) is 17.7 Å². The summed E-state index contributed by atoms with van der Waals surface area (Å²) < 4.78 is 23.1. The maximum atomic E-state index is 11.6. The Morgan fingerprint density at radius 1 is 1.14 bits per heavy atom. The van der Waals surface area contributed by atoms with Gasteiger partial charge in [0.1, 0.15) is 5.82 Å². The van der Waals surface area contributed by atoms with Crippen LogP contribution >= 0.6 is 15.2 Å². The van der Waals surface area contributed by atoms with Crippen molar-refractivity contribution in [3.8, 4) is 0 Å². The zero-order valence-electron chi connectivity index (χ0n) is 11.6. The second kappa shape index (κ2) is 7.49. The molecule has 0 bridgehead atoms. The molecule has 10 heteroatoms. The lowest BCUT2D eigenvalue weighted by Crippen LogP contribution is -2.36. The number of anilines is 1. The SMILES string of the molecule is CCCCCN(c1ccccn1)C(P(=O)(O)O)P(=O)(O)O. The second-order valence-electron chi connectivity index (χ2n) is 4.61. The van der Waals surface area contributed by atoms with Crippen LogP contribution in [0.1, 0.15) is 26.2 Å². The standard InChI is InChI=1S/C11H20N2O6P2/c1-2-3-6-9-13(10-7-4-5-8-12-10)11(20(14,15)16)21(17,18)19/h4-5,7-8,11H,2-3,6,9H2,1H3,(H2,14,15,16)(H2,17,18,19). The highest BCUT2D eigenvalue weighted by Gasteiger charge is 2.48. The van der Waals surface area contributed by atoms with Gasteiger partial charge in [0.05, 0.1) is 0 Å². The Bertz CT molecular complexity index is 507. The van der Waals surface area contributed by atoms with Gasteiger partial charge in [-0.05, 0) is 18.6 Å². The Morgan fingerprint density at radius 3 is 2.19 bits per heavy atom. The molecule has 1 rings (SSSR count). The van der Waals surface area contributed by atoms with Gasteiger partial charge in [-0.1, -0.05) is 25.8 Å². The van der Waals surface area contributed by atoms with E-state index < -0.39 is 20.7 Å². The first-order chi connectivity index (χ1) is 9.68. The molecule has 0 aliphatic heterocycles. The molecule has 0 atom stereocenters. The molecule has 1 heterocycles. The smallest absolute Gasteiger partial charge is 0.332 e. The van der Waals surface area contributed by atoms with Gasteiger partial charge >= 0.3 is 15.2 Å². The fourth-order valence-electron chi connectivity index (χ4n) is 1.96. The van der Waals surface area contributed by atoms with E-state index in [4.69, 9.17) is 0 Å². The maximum Gasteiger partial charge on any atom is 0.360 e. The van der Waals surface area contributed by atoms with Gasteiger partial charge in [-0.2, -0.15) is 0 Å². The van der Waals surface area contributed by atoms with Crippen LogP contribution in [0.15, 0.2) is 24.4 Å². The predicted octanol–water partition coefficient (Wildman–Crippen LogP) is 1.72. The third kappa shape index (κ3) is 5.51. The van der Waals surface area contributed by atoms with Gasteiger partial charge in [0.2, 0.25) is 5.52 Å². The van der Waals surface area contributed by atoms with Gasteiger partial charge in [0.25, 0.3) is 0 Å². The molecule has 0 aliphatic rings. The van der Waals surface area contributed by atoms with E-state index in [1.807, 2.05) is 6.92 Å². The van der Waals surface area contributed by atoms with Gasteiger partial charge in [-0.25, -0.2) is 4.98 Å². The van der Waals surface area contributed by atoms with E-state index in [-0.39, 0.29) is 12.4 Å². The maximum absolute atomic E-state index is 11.6. The highest BCUT2D eigenvalue weighted by atomic mass is 31.2. The molecule has 120 valence electrons. The van der Waals surface area contributed by atoms with Crippen molar-refractivity contribution in [1.29, 1.82) is 0 Å². The molecule has 1 aromatic heterocycles. The minimum atomic E-state index is -5.04. The van der Waals surface area contributed by atoms with E-state index in [0.29, 0.717) is 6.42 Å². The van der Waals surface area contributed by atoms with Gasteiger partial charge in [0, 0.05) is 12.7 Å². The number of aromatic nitrogens is 1. The summed E-state index contributed by atoms with van der Waals surface area (Å²) in [5.41, 5.74) is -2.21. The molecule has 4 N–H and O–H groups in total. The number of unbranched alkanes of at least 4 members (excludes halogenated alkanes) is 2. The third-order valence-corrected chi connectivity index (χ3v) is 6.39. The molecule has 21 heavy (non-hydrogen) atoms. The Morgan fingerprint density at radius 2 is 1.76 bits per heavy atom.